The number of ketones is 1. The van der Waals surface area contributed by atoms with Gasteiger partial charge in [-0.15, -0.1) is 0 Å². The Kier molecular flexibility index (Phi) is 2.47. The van der Waals surface area contributed by atoms with Gasteiger partial charge in [-0.2, -0.15) is 0 Å². The van der Waals surface area contributed by atoms with Crippen molar-refractivity contribution in [2.45, 2.75) is 31.7 Å². The zero-order valence-electron chi connectivity index (χ0n) is 7.09. The van der Waals surface area contributed by atoms with Crippen molar-refractivity contribution in [3.8, 4) is 0 Å². The summed E-state index contributed by atoms with van der Waals surface area (Å²) in [4.78, 5) is 21.3. The lowest BCUT2D eigenvalue weighted by Gasteiger charge is -2.38. The molecule has 1 aliphatic rings. The van der Waals surface area contributed by atoms with Crippen LogP contribution >= 0.6 is 0 Å². The highest BCUT2D eigenvalue weighted by Crippen LogP contribution is 2.31. The maximum Gasteiger partial charge on any atom is 0.323 e. The van der Waals surface area contributed by atoms with Crippen molar-refractivity contribution < 1.29 is 14.7 Å². The number of carboxylic acid groups (broad SMARTS) is 1. The third kappa shape index (κ3) is 1.64. The smallest absolute Gasteiger partial charge is 0.323 e. The van der Waals surface area contributed by atoms with Crippen molar-refractivity contribution >= 4 is 11.8 Å². The van der Waals surface area contributed by atoms with Crippen LogP contribution in [0.5, 0.6) is 0 Å². The molecule has 0 saturated heterocycles. The first kappa shape index (κ1) is 9.19. The molecule has 0 unspecified atom stereocenters. The highest BCUT2D eigenvalue weighted by Gasteiger charge is 2.43. The molecule has 0 spiro atoms. The van der Waals surface area contributed by atoms with Gasteiger partial charge in [-0.05, 0) is 26.2 Å². The molecular formula is C8H13NO3. The van der Waals surface area contributed by atoms with Gasteiger partial charge in [0, 0.05) is 0 Å². The molecule has 1 aliphatic carbocycles. The van der Waals surface area contributed by atoms with Crippen molar-refractivity contribution in [3.05, 3.63) is 0 Å². The standard InChI is InChI=1S/C8H13NO3/c1-6(10)5-9-8(7(11)12)3-2-4-8/h9H,2-5H2,1H3,(H,11,12). The topological polar surface area (TPSA) is 66.4 Å². The van der Waals surface area contributed by atoms with Gasteiger partial charge in [0.15, 0.2) is 0 Å². The molecule has 1 saturated carbocycles. The van der Waals surface area contributed by atoms with E-state index in [0.717, 1.165) is 6.42 Å². The van der Waals surface area contributed by atoms with Gasteiger partial charge < -0.3 is 5.11 Å². The minimum Gasteiger partial charge on any atom is -0.480 e. The number of carbonyl (C=O) groups is 2. The van der Waals surface area contributed by atoms with Crippen LogP contribution < -0.4 is 5.32 Å². The predicted octanol–water partition coefficient (Wildman–Crippen LogP) is 0.172. The van der Waals surface area contributed by atoms with Crippen molar-refractivity contribution in [3.63, 3.8) is 0 Å². The summed E-state index contributed by atoms with van der Waals surface area (Å²) >= 11 is 0. The van der Waals surface area contributed by atoms with E-state index in [1.165, 1.54) is 6.92 Å². The summed E-state index contributed by atoms with van der Waals surface area (Å²) in [5.41, 5.74) is -0.800. The Labute approximate surface area is 71.0 Å². The van der Waals surface area contributed by atoms with Gasteiger partial charge in [-0.25, -0.2) is 0 Å². The third-order valence-corrected chi connectivity index (χ3v) is 2.29. The average Bonchev–Trinajstić information content (AvgIpc) is 1.83. The van der Waals surface area contributed by atoms with E-state index in [-0.39, 0.29) is 12.3 Å². The van der Waals surface area contributed by atoms with E-state index in [9.17, 15) is 9.59 Å². The second-order valence-corrected chi connectivity index (χ2v) is 3.30. The molecule has 12 heavy (non-hydrogen) atoms. The Bertz CT molecular complexity index is 208. The van der Waals surface area contributed by atoms with E-state index in [0.29, 0.717) is 12.8 Å². The molecule has 0 heterocycles. The molecule has 0 aliphatic heterocycles. The fourth-order valence-electron chi connectivity index (χ4n) is 1.29. The van der Waals surface area contributed by atoms with Crippen LogP contribution in [-0.2, 0) is 9.59 Å². The molecule has 0 bridgehead atoms. The van der Waals surface area contributed by atoms with Crippen LogP contribution in [0.4, 0.5) is 0 Å². The van der Waals surface area contributed by atoms with Crippen LogP contribution in [0.3, 0.4) is 0 Å². The van der Waals surface area contributed by atoms with Crippen LogP contribution in [0.15, 0.2) is 0 Å². The summed E-state index contributed by atoms with van der Waals surface area (Å²) < 4.78 is 0. The number of carboxylic acids is 1. The van der Waals surface area contributed by atoms with E-state index in [2.05, 4.69) is 5.32 Å². The second-order valence-electron chi connectivity index (χ2n) is 3.30. The summed E-state index contributed by atoms with van der Waals surface area (Å²) in [6.07, 6.45) is 2.20. The Morgan fingerprint density at radius 2 is 2.08 bits per heavy atom. The zero-order chi connectivity index (χ0) is 9.19. The monoisotopic (exact) mass is 171 g/mol. The van der Waals surface area contributed by atoms with Gasteiger partial charge in [0.25, 0.3) is 0 Å². The first-order valence-electron chi connectivity index (χ1n) is 4.05. The Morgan fingerprint density at radius 3 is 2.33 bits per heavy atom. The minimum absolute atomic E-state index is 0.0254. The Morgan fingerprint density at radius 1 is 1.50 bits per heavy atom. The van der Waals surface area contributed by atoms with E-state index in [1.807, 2.05) is 0 Å². The molecule has 0 aromatic carbocycles. The number of nitrogens with one attached hydrogen (secondary N) is 1. The van der Waals surface area contributed by atoms with Crippen LogP contribution in [-0.4, -0.2) is 28.9 Å². The summed E-state index contributed by atoms with van der Waals surface area (Å²) in [6, 6.07) is 0. The zero-order valence-corrected chi connectivity index (χ0v) is 7.09. The maximum absolute atomic E-state index is 10.7. The Balaban J connectivity index is 2.45. The number of carbonyl (C=O) groups excluding carboxylic acids is 1. The SMILES string of the molecule is CC(=O)CNC1(C(=O)O)CCC1. The fraction of sp³-hybridized carbons (Fsp3) is 0.750. The maximum atomic E-state index is 10.7. The molecule has 0 radical (unpaired) electrons. The second kappa shape index (κ2) is 3.23. The van der Waals surface area contributed by atoms with Crippen LogP contribution in [0.25, 0.3) is 0 Å². The third-order valence-electron chi connectivity index (χ3n) is 2.29. The lowest BCUT2D eigenvalue weighted by Crippen LogP contribution is -2.58. The normalized spacial score (nSPS) is 19.8. The number of aliphatic carboxylic acids is 1. The van der Waals surface area contributed by atoms with Gasteiger partial charge in [-0.1, -0.05) is 0 Å². The van der Waals surface area contributed by atoms with Gasteiger partial charge in [0.05, 0.1) is 6.54 Å². The van der Waals surface area contributed by atoms with Gasteiger partial charge in [-0.3, -0.25) is 14.9 Å². The van der Waals surface area contributed by atoms with Crippen molar-refractivity contribution in [1.82, 2.24) is 5.32 Å². The summed E-state index contributed by atoms with van der Waals surface area (Å²) in [5.74, 6) is -0.863. The Hall–Kier alpha value is -0.900. The molecule has 68 valence electrons. The molecule has 1 rings (SSSR count). The van der Waals surface area contributed by atoms with E-state index in [1.54, 1.807) is 0 Å². The molecule has 4 nitrogen and oxygen atoms in total. The van der Waals surface area contributed by atoms with Gasteiger partial charge >= 0.3 is 5.97 Å². The first-order valence-corrected chi connectivity index (χ1v) is 4.05. The molecule has 0 atom stereocenters. The minimum atomic E-state index is -0.838. The number of rotatable bonds is 4. The highest BCUT2D eigenvalue weighted by atomic mass is 16.4. The van der Waals surface area contributed by atoms with Gasteiger partial charge in [0.1, 0.15) is 11.3 Å². The quantitative estimate of drug-likeness (QED) is 0.633. The van der Waals surface area contributed by atoms with Gasteiger partial charge in [0.2, 0.25) is 0 Å². The highest BCUT2D eigenvalue weighted by molar-refractivity contribution is 5.82. The molecule has 1 fully saturated rings. The summed E-state index contributed by atoms with van der Waals surface area (Å²) in [5, 5.41) is 11.6. The molecule has 0 amide bonds. The molecule has 0 aromatic heterocycles. The fourth-order valence-corrected chi connectivity index (χ4v) is 1.29. The lowest BCUT2D eigenvalue weighted by atomic mass is 9.77. The number of Topliss-reactive ketones (excluding diaryl/α,β-unsaturated/α-hetero) is 1. The van der Waals surface area contributed by atoms with Crippen LogP contribution in [0, 0.1) is 0 Å². The van der Waals surface area contributed by atoms with Crippen LogP contribution in [0.2, 0.25) is 0 Å². The largest absolute Gasteiger partial charge is 0.480 e. The molecule has 2 N–H and O–H groups in total. The number of hydrogen-bond acceptors (Lipinski definition) is 3. The molecule has 4 heteroatoms. The predicted molar refractivity (Wildman–Crippen MR) is 42.9 cm³/mol. The van der Waals surface area contributed by atoms with Crippen LogP contribution in [0.1, 0.15) is 26.2 Å². The number of hydrogen-bond donors (Lipinski definition) is 2. The van der Waals surface area contributed by atoms with Crippen molar-refractivity contribution in [2.24, 2.45) is 0 Å². The lowest BCUT2D eigenvalue weighted by molar-refractivity contribution is -0.148. The van der Waals surface area contributed by atoms with E-state index < -0.39 is 11.5 Å². The average molecular weight is 171 g/mol. The summed E-state index contributed by atoms with van der Waals surface area (Å²) in [6.45, 7) is 1.60. The molecular weight excluding hydrogens is 158 g/mol. The van der Waals surface area contributed by atoms with Crippen molar-refractivity contribution in [1.29, 1.82) is 0 Å². The van der Waals surface area contributed by atoms with E-state index >= 15 is 0 Å². The summed E-state index contributed by atoms with van der Waals surface area (Å²) in [7, 11) is 0. The van der Waals surface area contributed by atoms with Crippen molar-refractivity contribution in [2.75, 3.05) is 6.54 Å². The first-order chi connectivity index (χ1) is 5.57. The van der Waals surface area contributed by atoms with E-state index in [4.69, 9.17) is 5.11 Å². The molecule has 0 aromatic rings.